The number of unbranched alkanes of at least 4 members (excludes halogenated alkanes) is 2. The minimum Gasteiger partial charge on any atom is -0.457 e. The molecule has 11 aliphatic rings. The van der Waals surface area contributed by atoms with Crippen molar-refractivity contribution in [2.75, 3.05) is 0 Å². The van der Waals surface area contributed by atoms with E-state index in [4.69, 9.17) is 14.2 Å². The third-order valence-corrected chi connectivity index (χ3v) is 50.3. The van der Waals surface area contributed by atoms with Gasteiger partial charge >= 0.3 is 0 Å². The van der Waals surface area contributed by atoms with Crippen LogP contribution in [0.5, 0.6) is 34.5 Å². The van der Waals surface area contributed by atoms with Crippen molar-refractivity contribution >= 4 is 41.4 Å². The molecule has 6 nitrogen and oxygen atoms in total. The van der Waals surface area contributed by atoms with Crippen LogP contribution < -0.4 is 14.2 Å². The number of fused-ring (bicyclic) bond motifs is 12. The van der Waals surface area contributed by atoms with Crippen molar-refractivity contribution in [2.24, 2.45) is 47.3 Å². The van der Waals surface area contributed by atoms with Gasteiger partial charge in [0.1, 0.15) is 59.2 Å². The fourth-order valence-electron chi connectivity index (χ4n) is 31.3. The van der Waals surface area contributed by atoms with Crippen molar-refractivity contribution in [3.8, 4) is 34.5 Å². The number of benzene rings is 6. The minimum atomic E-state index is -1.89. The molecule has 0 amide bonds. The van der Waals surface area contributed by atoms with Crippen molar-refractivity contribution in [3.63, 3.8) is 0 Å². The molecule has 6 aromatic rings. The van der Waals surface area contributed by atoms with Gasteiger partial charge in [-0.1, -0.05) is 319 Å². The second-order valence-corrected chi connectivity index (χ2v) is 67.9. The summed E-state index contributed by atoms with van der Waals surface area (Å²) in [5.41, 5.74) is 25.4. The van der Waals surface area contributed by atoms with Gasteiger partial charge in [0.15, 0.2) is 0 Å². The molecule has 11 aliphatic carbocycles. The molecule has 5 fully saturated rings. The highest BCUT2D eigenvalue weighted by Crippen LogP contribution is 2.67. The van der Waals surface area contributed by atoms with Crippen LogP contribution in [0.1, 0.15) is 379 Å². The zero-order chi connectivity index (χ0) is 98.2. The number of allylic oxidation sites excluding steroid dienone is 12. The van der Waals surface area contributed by atoms with Gasteiger partial charge < -0.3 is 27.9 Å². The smallest absolute Gasteiger partial charge is 0.127 e. The zero-order valence-electron chi connectivity index (χ0n) is 91.8. The molecule has 135 heavy (non-hydrogen) atoms. The van der Waals surface area contributed by atoms with Crippen LogP contribution >= 0.6 is 0 Å². The van der Waals surface area contributed by atoms with Crippen LogP contribution in [0.4, 0.5) is 0 Å². The van der Waals surface area contributed by atoms with E-state index in [2.05, 4.69) is 418 Å². The lowest BCUT2D eigenvalue weighted by Gasteiger charge is -2.57. The van der Waals surface area contributed by atoms with Crippen molar-refractivity contribution in [1.29, 1.82) is 0 Å². The molecule has 17 rings (SSSR count). The summed E-state index contributed by atoms with van der Waals surface area (Å²) in [6, 6.07) is 48.3. The van der Waals surface area contributed by atoms with Gasteiger partial charge in [0, 0.05) is 50.5 Å². The molecular weight excluding hydrogens is 1690 g/mol. The average Bonchev–Trinajstić information content (AvgIpc) is 1.54. The van der Waals surface area contributed by atoms with E-state index < -0.39 is 24.7 Å². The summed E-state index contributed by atoms with van der Waals surface area (Å²) in [5, 5.41) is 0. The molecule has 734 valence electrons. The van der Waals surface area contributed by atoms with Crippen LogP contribution in [0, 0.1) is 47.3 Å². The molecule has 0 N–H and O–H groups in total. The summed E-state index contributed by atoms with van der Waals surface area (Å²) < 4.78 is 28.7. The maximum absolute atomic E-state index is 6.63. The van der Waals surface area contributed by atoms with Crippen molar-refractivity contribution in [3.05, 3.63) is 231 Å². The number of hydrogen-bond acceptors (Lipinski definition) is 6. The SMILES string of the molecule is CC(C)(C)c1ccc(Oc2ccc3c(c2)C(C)(C)C2=CC4C(C=C23)CCC4[Si](C)(C)N(C2CCCCC2)C(C)(C)C)cc1.CC1CC2C=C3C(=CC2C1[Si](C)(C)N(C1CCCCC1)C(C)(C)C)C(C)(C)c1cc(Oc2ccc(C(C)(C)C)cc2)ccc13.CCCCC1(CCCC)C2=CC3C(C=C2c2ccc(Oc4ccc(C(C)(C)C)cc4)cc21)CC(C)C3[Si](C)(C)N(C(C)(C)C)C(C)(C)C. The van der Waals surface area contributed by atoms with E-state index in [-0.39, 0.29) is 54.6 Å². The highest BCUT2D eigenvalue weighted by molar-refractivity contribution is 6.77. The molecule has 0 heterocycles. The standard InChI is InChI=1S/C45H69NOSi.C41H59NOSi.C40H57NOSi/c1-15-17-25-45(26-18-16-2)39-29-35(47-34-21-19-33(20-22-34)42(4,5)6)23-24-36(39)38-28-32-27-31(3)41(37(32)30-40(38)45)48(13,14)46(43(7,8)9)44(10,11)12;1-27-23-28-24-35-33-22-21-32(43-31-19-17-29(18-20-31)39(2,3)4)25-36(33)41(8,9)37(35)26-34(28)38(27)44(10,11)42(40(5,6)7)30-15-13-12-14-16-30;1-38(2,3)28-17-19-30(20-18-28)42-31-21-22-32-34-24-27-16-23-37(33(27)26-36(34)40(7,8)35(32)25-31)43(9,10)41(39(4,5)6)29-14-12-11-13-15-29/h19-24,28-32,37,41H,15-18,25-27H2,1-14H3;17-22,24-28,30,34,38H,12-16,23H2,1-11H3;17-22,24-27,29,33,37H,11-16,23H2,1-10H3. The third kappa shape index (κ3) is 20.2. The molecule has 11 atom stereocenters. The van der Waals surface area contributed by atoms with E-state index >= 15 is 0 Å². The van der Waals surface area contributed by atoms with E-state index in [9.17, 15) is 0 Å². The first-order valence-corrected chi connectivity index (χ1v) is 63.4. The first kappa shape index (κ1) is 103. The van der Waals surface area contributed by atoms with Crippen LogP contribution in [-0.4, -0.2) is 72.6 Å². The molecule has 6 aromatic carbocycles. The van der Waals surface area contributed by atoms with E-state index in [0.29, 0.717) is 35.5 Å². The van der Waals surface area contributed by atoms with Crippen LogP contribution in [0.15, 0.2) is 181 Å². The second kappa shape index (κ2) is 37.9. The van der Waals surface area contributed by atoms with Crippen LogP contribution in [0.2, 0.25) is 55.9 Å². The maximum Gasteiger partial charge on any atom is 0.127 e. The molecule has 0 aromatic heterocycles. The molecule has 0 bridgehead atoms. The Morgan fingerprint density at radius 1 is 0.333 bits per heavy atom. The fourth-order valence-corrected chi connectivity index (χ4v) is 49.4. The first-order chi connectivity index (χ1) is 62.8. The Kier molecular flexibility index (Phi) is 28.9. The molecule has 0 spiro atoms. The second-order valence-electron chi connectivity index (χ2n) is 54.5. The molecule has 0 saturated heterocycles. The van der Waals surface area contributed by atoms with Gasteiger partial charge in [-0.05, 0) is 377 Å². The van der Waals surface area contributed by atoms with Crippen molar-refractivity contribution in [2.45, 2.75) is 452 Å². The summed E-state index contributed by atoms with van der Waals surface area (Å²) in [5.74, 6) is 10.9. The summed E-state index contributed by atoms with van der Waals surface area (Å²) in [7, 11) is -5.41. The topological polar surface area (TPSA) is 37.4 Å². The van der Waals surface area contributed by atoms with E-state index in [1.54, 1.807) is 22.3 Å². The third-order valence-electron chi connectivity index (χ3n) is 35.6. The minimum absolute atomic E-state index is 0.0203. The lowest BCUT2D eigenvalue weighted by atomic mass is 9.68. The van der Waals surface area contributed by atoms with E-state index in [1.807, 2.05) is 0 Å². The lowest BCUT2D eigenvalue weighted by molar-refractivity contribution is 0.121. The average molecular weight is 1870 g/mol. The molecule has 5 saturated carbocycles. The van der Waals surface area contributed by atoms with Crippen LogP contribution in [0.25, 0.3) is 16.7 Å². The first-order valence-electron chi connectivity index (χ1n) is 54.4. The number of hydrogen-bond donors (Lipinski definition) is 0. The Balaban J connectivity index is 0.000000154. The Morgan fingerprint density at radius 2 is 0.652 bits per heavy atom. The van der Waals surface area contributed by atoms with Gasteiger partial charge in [-0.2, -0.15) is 0 Å². The predicted octanol–water partition coefficient (Wildman–Crippen LogP) is 36.6. The van der Waals surface area contributed by atoms with Crippen LogP contribution in [-0.2, 0) is 32.5 Å². The number of nitrogens with zero attached hydrogens (tertiary/aromatic N) is 3. The summed E-state index contributed by atoms with van der Waals surface area (Å²) in [6.07, 6.45) is 43.4. The Morgan fingerprint density at radius 3 is 1.01 bits per heavy atom. The number of rotatable bonds is 20. The molecule has 11 unspecified atom stereocenters. The van der Waals surface area contributed by atoms with Gasteiger partial charge in [-0.25, -0.2) is 0 Å². The van der Waals surface area contributed by atoms with Crippen LogP contribution in [0.3, 0.4) is 0 Å². The Hall–Kier alpha value is -6.31. The summed E-state index contributed by atoms with van der Waals surface area (Å²) >= 11 is 0. The normalized spacial score (nSPS) is 25.4. The van der Waals surface area contributed by atoms with Crippen molar-refractivity contribution in [1.82, 2.24) is 13.7 Å². The predicted molar refractivity (Wildman–Crippen MR) is 590 cm³/mol. The zero-order valence-corrected chi connectivity index (χ0v) is 94.8. The molecule has 9 heteroatoms. The highest BCUT2D eigenvalue weighted by Gasteiger charge is 2.61. The Labute approximate surface area is 827 Å². The van der Waals surface area contributed by atoms with Gasteiger partial charge in [-0.3, -0.25) is 0 Å². The van der Waals surface area contributed by atoms with Gasteiger partial charge in [0.2, 0.25) is 0 Å². The fraction of sp³-hybridized carbons (Fsp3) is 0.619. The van der Waals surface area contributed by atoms with E-state index in [0.717, 1.165) is 75.0 Å². The summed E-state index contributed by atoms with van der Waals surface area (Å²) in [4.78, 5) is 0. The van der Waals surface area contributed by atoms with Gasteiger partial charge in [0.05, 0.1) is 0 Å². The van der Waals surface area contributed by atoms with Crippen molar-refractivity contribution < 1.29 is 14.2 Å². The Bertz CT molecular complexity index is 5400. The van der Waals surface area contributed by atoms with Gasteiger partial charge in [0.25, 0.3) is 0 Å². The molecular formula is C126H185N3O3Si3. The molecule has 0 radical (unpaired) electrons. The van der Waals surface area contributed by atoms with Gasteiger partial charge in [-0.15, -0.1) is 0 Å². The quantitative estimate of drug-likeness (QED) is 0.0709. The monoisotopic (exact) mass is 1870 g/mol. The lowest BCUT2D eigenvalue weighted by Crippen LogP contribution is -2.67. The maximum atomic E-state index is 6.63. The largest absolute Gasteiger partial charge is 0.457 e. The van der Waals surface area contributed by atoms with E-state index in [1.165, 1.54) is 190 Å². The summed E-state index contributed by atoms with van der Waals surface area (Å²) in [6.45, 7) is 86.0. The molecule has 0 aliphatic heterocycles. The highest BCUT2D eigenvalue weighted by atomic mass is 28.3. The number of ether oxygens (including phenoxy) is 3.